The van der Waals surface area contributed by atoms with Crippen molar-refractivity contribution in [2.24, 2.45) is 5.92 Å². The van der Waals surface area contributed by atoms with Crippen LogP contribution in [0.25, 0.3) is 0 Å². The van der Waals surface area contributed by atoms with Gasteiger partial charge in [0.15, 0.2) is 0 Å². The van der Waals surface area contributed by atoms with Gasteiger partial charge in [0.1, 0.15) is 0 Å². The van der Waals surface area contributed by atoms with Crippen LogP contribution in [0.1, 0.15) is 137 Å². The number of hydrogen-bond donors (Lipinski definition) is 0. The molecule has 176 valence electrons. The van der Waals surface area contributed by atoms with E-state index >= 15 is 0 Å². The Hall–Kier alpha value is -0.120. The van der Waals surface area contributed by atoms with Crippen LogP contribution in [0.15, 0.2) is 0 Å². The first kappa shape index (κ1) is 28.9. The van der Waals surface area contributed by atoms with Crippen molar-refractivity contribution in [1.82, 2.24) is 0 Å². The zero-order valence-electron chi connectivity index (χ0n) is 20.7. The summed E-state index contributed by atoms with van der Waals surface area (Å²) in [6, 6.07) is 0. The summed E-state index contributed by atoms with van der Waals surface area (Å²) >= 11 is 0. The second kappa shape index (κ2) is 21.1. The fourth-order valence-corrected chi connectivity index (χ4v) is 3.66. The summed E-state index contributed by atoms with van der Waals surface area (Å²) < 4.78 is 19.2. The lowest BCUT2D eigenvalue weighted by Crippen LogP contribution is -2.46. The van der Waals surface area contributed by atoms with E-state index < -0.39 is 5.97 Å². The molecule has 0 rings (SSSR count). The lowest BCUT2D eigenvalue weighted by molar-refractivity contribution is -0.404. The van der Waals surface area contributed by atoms with E-state index in [4.69, 9.17) is 14.2 Å². The van der Waals surface area contributed by atoms with E-state index in [-0.39, 0.29) is 5.92 Å². The maximum atomic E-state index is 6.41. The molecule has 0 aliphatic heterocycles. The second-order valence-corrected chi connectivity index (χ2v) is 8.73. The van der Waals surface area contributed by atoms with Crippen molar-refractivity contribution in [1.29, 1.82) is 0 Å². The molecule has 0 aliphatic rings. The molecule has 0 saturated carbocycles. The third kappa shape index (κ3) is 15.3. The Morgan fingerprint density at radius 1 is 0.483 bits per heavy atom. The molecule has 0 aromatic heterocycles. The molecule has 0 aliphatic carbocycles. The highest BCUT2D eigenvalue weighted by Gasteiger charge is 2.39. The van der Waals surface area contributed by atoms with Gasteiger partial charge in [-0.2, -0.15) is 0 Å². The highest BCUT2D eigenvalue weighted by atomic mass is 16.9. The van der Waals surface area contributed by atoms with E-state index in [0.29, 0.717) is 0 Å². The normalized spacial score (nSPS) is 13.1. The van der Waals surface area contributed by atoms with Crippen LogP contribution in [0.3, 0.4) is 0 Å². The topological polar surface area (TPSA) is 27.7 Å². The molecule has 0 fully saturated rings. The summed E-state index contributed by atoms with van der Waals surface area (Å²) in [7, 11) is 0. The fourth-order valence-electron chi connectivity index (χ4n) is 3.66. The van der Waals surface area contributed by atoms with Crippen molar-refractivity contribution in [2.45, 2.75) is 143 Å². The summed E-state index contributed by atoms with van der Waals surface area (Å²) in [6.07, 6.45) is 19.5. The highest BCUT2D eigenvalue weighted by Crippen LogP contribution is 2.31. The van der Waals surface area contributed by atoms with E-state index in [1.165, 1.54) is 77.0 Å². The molecule has 0 amide bonds. The summed E-state index contributed by atoms with van der Waals surface area (Å²) in [5.41, 5.74) is 0. The molecule has 0 saturated heterocycles. The van der Waals surface area contributed by atoms with Crippen LogP contribution < -0.4 is 0 Å². The summed E-state index contributed by atoms with van der Waals surface area (Å²) in [5, 5.41) is 0. The standard InChI is InChI=1S/C26H54O3/c1-6-10-14-15-16-17-21-25(5)26(27-22-18-11-7-2,28-23-19-12-8-3)29-24-20-13-9-4/h25H,6-24H2,1-5H3. The Kier molecular flexibility index (Phi) is 21.0. The molecule has 0 N–H and O–H groups in total. The molecular weight excluding hydrogens is 360 g/mol. The number of hydrogen-bond acceptors (Lipinski definition) is 3. The quantitative estimate of drug-likeness (QED) is 0.124. The maximum Gasteiger partial charge on any atom is 0.285 e. The summed E-state index contributed by atoms with van der Waals surface area (Å²) in [4.78, 5) is 0. The van der Waals surface area contributed by atoms with Crippen LogP contribution in [0.2, 0.25) is 0 Å². The van der Waals surface area contributed by atoms with Gasteiger partial charge in [0.05, 0.1) is 19.8 Å². The van der Waals surface area contributed by atoms with Crippen molar-refractivity contribution in [3.05, 3.63) is 0 Å². The molecule has 0 aromatic rings. The minimum absolute atomic E-state index is 0.263. The number of ether oxygens (including phenoxy) is 3. The van der Waals surface area contributed by atoms with Gasteiger partial charge in [0.25, 0.3) is 5.97 Å². The monoisotopic (exact) mass is 414 g/mol. The Morgan fingerprint density at radius 3 is 1.24 bits per heavy atom. The van der Waals surface area contributed by atoms with Gasteiger partial charge in [-0.05, 0) is 25.7 Å². The summed E-state index contributed by atoms with van der Waals surface area (Å²) in [5.74, 6) is -0.586. The van der Waals surface area contributed by atoms with Gasteiger partial charge in [-0.15, -0.1) is 0 Å². The minimum Gasteiger partial charge on any atom is -0.327 e. The van der Waals surface area contributed by atoms with Gasteiger partial charge in [-0.1, -0.05) is 112 Å². The molecule has 1 atom stereocenters. The van der Waals surface area contributed by atoms with Crippen molar-refractivity contribution in [2.75, 3.05) is 19.8 Å². The predicted octanol–water partition coefficient (Wildman–Crippen LogP) is 8.65. The van der Waals surface area contributed by atoms with Crippen LogP contribution in [0, 0.1) is 5.92 Å². The largest absolute Gasteiger partial charge is 0.327 e. The van der Waals surface area contributed by atoms with Gasteiger partial charge in [0, 0.05) is 5.92 Å². The molecule has 0 radical (unpaired) electrons. The Morgan fingerprint density at radius 2 is 0.828 bits per heavy atom. The Labute approximate surface area is 183 Å². The molecule has 0 bridgehead atoms. The molecule has 0 heterocycles. The van der Waals surface area contributed by atoms with E-state index in [1.807, 2.05) is 0 Å². The average molecular weight is 415 g/mol. The van der Waals surface area contributed by atoms with E-state index in [2.05, 4.69) is 34.6 Å². The first-order valence-corrected chi connectivity index (χ1v) is 13.1. The fraction of sp³-hybridized carbons (Fsp3) is 1.00. The summed E-state index contributed by atoms with van der Waals surface area (Å²) in [6.45, 7) is 13.4. The minimum atomic E-state index is -0.849. The molecule has 29 heavy (non-hydrogen) atoms. The van der Waals surface area contributed by atoms with E-state index in [9.17, 15) is 0 Å². The average Bonchev–Trinajstić information content (AvgIpc) is 2.73. The lowest BCUT2D eigenvalue weighted by Gasteiger charge is -2.38. The molecule has 1 unspecified atom stereocenters. The number of unbranched alkanes of at least 4 members (excludes halogenated alkanes) is 11. The molecular formula is C26H54O3. The van der Waals surface area contributed by atoms with Crippen LogP contribution in [-0.4, -0.2) is 25.8 Å². The Bertz CT molecular complexity index is 288. The second-order valence-electron chi connectivity index (χ2n) is 8.73. The van der Waals surface area contributed by atoms with Crippen LogP contribution in [0.4, 0.5) is 0 Å². The van der Waals surface area contributed by atoms with Gasteiger partial charge in [-0.25, -0.2) is 0 Å². The third-order valence-corrected chi connectivity index (χ3v) is 5.75. The van der Waals surface area contributed by atoms with Gasteiger partial charge < -0.3 is 14.2 Å². The van der Waals surface area contributed by atoms with Crippen molar-refractivity contribution in [3.8, 4) is 0 Å². The van der Waals surface area contributed by atoms with Gasteiger partial charge in [0.2, 0.25) is 0 Å². The van der Waals surface area contributed by atoms with Crippen molar-refractivity contribution >= 4 is 0 Å². The first-order chi connectivity index (χ1) is 14.2. The van der Waals surface area contributed by atoms with Crippen LogP contribution >= 0.6 is 0 Å². The Balaban J connectivity index is 4.84. The zero-order valence-corrected chi connectivity index (χ0v) is 20.7. The van der Waals surface area contributed by atoms with Gasteiger partial charge in [-0.3, -0.25) is 0 Å². The van der Waals surface area contributed by atoms with E-state index in [1.54, 1.807) is 0 Å². The SMILES string of the molecule is CCCCCCCCC(C)C(OCCCCC)(OCCCCC)OCCCCC. The predicted molar refractivity (Wildman–Crippen MR) is 126 cm³/mol. The van der Waals surface area contributed by atoms with Crippen LogP contribution in [0.5, 0.6) is 0 Å². The highest BCUT2D eigenvalue weighted by molar-refractivity contribution is 4.69. The third-order valence-electron chi connectivity index (χ3n) is 5.75. The van der Waals surface area contributed by atoms with Crippen LogP contribution in [-0.2, 0) is 14.2 Å². The molecule has 3 heteroatoms. The maximum absolute atomic E-state index is 6.41. The lowest BCUT2D eigenvalue weighted by atomic mass is 9.99. The van der Waals surface area contributed by atoms with Crippen molar-refractivity contribution in [3.63, 3.8) is 0 Å². The number of rotatable bonds is 23. The van der Waals surface area contributed by atoms with Gasteiger partial charge >= 0.3 is 0 Å². The van der Waals surface area contributed by atoms with E-state index in [0.717, 1.165) is 45.5 Å². The molecule has 3 nitrogen and oxygen atoms in total. The molecule has 0 spiro atoms. The smallest absolute Gasteiger partial charge is 0.285 e. The van der Waals surface area contributed by atoms with Crippen molar-refractivity contribution < 1.29 is 14.2 Å². The first-order valence-electron chi connectivity index (χ1n) is 13.1. The zero-order chi connectivity index (χ0) is 21.6. The molecule has 0 aromatic carbocycles.